The van der Waals surface area contributed by atoms with E-state index in [9.17, 15) is 19.8 Å². The van der Waals surface area contributed by atoms with Crippen LogP contribution in [-0.2, 0) is 14.3 Å². The molecule has 0 aliphatic rings. The Balaban J connectivity index is 3.41. The molecule has 0 aromatic rings. The summed E-state index contributed by atoms with van der Waals surface area (Å²) < 4.78 is 5.51. The number of aliphatic hydroxyl groups excluding tert-OH is 2. The minimum atomic E-state index is -0.671. The minimum absolute atomic E-state index is 0.0102. The number of ether oxygens (including phenoxy) is 1. The maximum Gasteiger partial charge on any atom is 0.305 e. The summed E-state index contributed by atoms with van der Waals surface area (Å²) in [7, 11) is 0. The van der Waals surface area contributed by atoms with Crippen molar-refractivity contribution >= 4 is 11.9 Å². The van der Waals surface area contributed by atoms with E-state index < -0.39 is 12.1 Å². The smallest absolute Gasteiger partial charge is 0.305 e. The summed E-state index contributed by atoms with van der Waals surface area (Å²) >= 11 is 0. The number of hydrogen-bond donors (Lipinski definition) is 3. The molecule has 6 nitrogen and oxygen atoms in total. The van der Waals surface area contributed by atoms with Crippen molar-refractivity contribution in [2.24, 2.45) is 0 Å². The molecule has 0 spiro atoms. The van der Waals surface area contributed by atoms with Crippen LogP contribution in [0.1, 0.15) is 406 Å². The zero-order valence-electron chi connectivity index (χ0n) is 52.5. The molecule has 0 aromatic heterocycles. The monoisotopic (exact) mass is 1090 g/mol. The van der Waals surface area contributed by atoms with Crippen molar-refractivity contribution < 1.29 is 24.5 Å². The van der Waals surface area contributed by atoms with E-state index in [4.69, 9.17) is 4.74 Å². The summed E-state index contributed by atoms with van der Waals surface area (Å²) in [6.07, 6.45) is 82.5. The number of esters is 1. The van der Waals surface area contributed by atoms with Gasteiger partial charge < -0.3 is 20.3 Å². The lowest BCUT2D eigenvalue weighted by Gasteiger charge is -2.22. The first-order valence-electron chi connectivity index (χ1n) is 35.4. The molecule has 0 aliphatic carbocycles. The standard InChI is InChI=1S/C71H139NO5/c1-3-5-7-9-11-13-15-17-19-21-23-24-25-28-31-35-39-43-47-51-55-59-63-69(74)68(67-73)72-70(75)64-60-56-52-48-44-40-36-32-29-26-30-34-38-42-46-50-54-58-62-66-77-71(76)65-61-57-53-49-45-41-37-33-27-22-20-18-16-14-12-10-8-6-4-2/h26,29,68-69,73-74H,3-25,27-28,30-67H2,1-2H3,(H,72,75)/b29-26-. The van der Waals surface area contributed by atoms with Gasteiger partial charge in [-0.1, -0.05) is 353 Å². The van der Waals surface area contributed by atoms with Crippen LogP contribution in [0.4, 0.5) is 0 Å². The normalized spacial score (nSPS) is 12.5. The molecule has 0 rings (SSSR count). The van der Waals surface area contributed by atoms with E-state index in [1.807, 2.05) is 0 Å². The highest BCUT2D eigenvalue weighted by molar-refractivity contribution is 5.76. The molecule has 0 radical (unpaired) electrons. The summed E-state index contributed by atoms with van der Waals surface area (Å²) in [5.74, 6) is -0.0294. The Morgan fingerprint density at radius 2 is 0.610 bits per heavy atom. The Morgan fingerprint density at radius 3 is 0.922 bits per heavy atom. The predicted molar refractivity (Wildman–Crippen MR) is 338 cm³/mol. The molecule has 0 saturated carbocycles. The number of carbonyl (C=O) groups is 2. The Bertz CT molecular complexity index is 1160. The fourth-order valence-corrected chi connectivity index (χ4v) is 11.4. The SMILES string of the molecule is CCCCCCCCCCCCCCCCCCCCCCCCC(O)C(CO)NC(=O)CCCCCCCCC/C=C\CCCCCCCCCCOC(=O)CCCCCCCCCCCCCCCCCCCCC. The highest BCUT2D eigenvalue weighted by atomic mass is 16.5. The predicted octanol–water partition coefficient (Wildman–Crippen LogP) is 22.8. The molecule has 3 N–H and O–H groups in total. The lowest BCUT2D eigenvalue weighted by atomic mass is 10.0. The molecule has 0 aliphatic heterocycles. The van der Waals surface area contributed by atoms with Gasteiger partial charge in [0.05, 0.1) is 25.4 Å². The van der Waals surface area contributed by atoms with E-state index in [0.29, 0.717) is 25.9 Å². The Kier molecular flexibility index (Phi) is 65.9. The van der Waals surface area contributed by atoms with E-state index in [1.54, 1.807) is 0 Å². The number of amides is 1. The van der Waals surface area contributed by atoms with E-state index in [2.05, 4.69) is 31.3 Å². The van der Waals surface area contributed by atoms with E-state index in [1.165, 1.54) is 334 Å². The largest absolute Gasteiger partial charge is 0.466 e. The third kappa shape index (κ3) is 63.6. The fraction of sp³-hybridized carbons (Fsp3) is 0.944. The second-order valence-electron chi connectivity index (χ2n) is 24.6. The molecular formula is C71H139NO5. The highest BCUT2D eigenvalue weighted by Crippen LogP contribution is 2.19. The molecule has 2 unspecified atom stereocenters. The lowest BCUT2D eigenvalue weighted by Crippen LogP contribution is -2.45. The van der Waals surface area contributed by atoms with Crippen LogP contribution in [0.3, 0.4) is 0 Å². The first-order chi connectivity index (χ1) is 38.0. The number of aliphatic hydroxyl groups is 2. The molecule has 0 bridgehead atoms. The number of rotatable bonds is 67. The van der Waals surface area contributed by atoms with Gasteiger partial charge in [-0.15, -0.1) is 0 Å². The Labute approximate surface area is 482 Å². The van der Waals surface area contributed by atoms with Crippen LogP contribution in [0.2, 0.25) is 0 Å². The van der Waals surface area contributed by atoms with Crippen LogP contribution in [0.5, 0.6) is 0 Å². The van der Waals surface area contributed by atoms with Crippen molar-refractivity contribution in [1.82, 2.24) is 5.32 Å². The van der Waals surface area contributed by atoms with Crippen molar-refractivity contribution in [3.05, 3.63) is 12.2 Å². The van der Waals surface area contributed by atoms with Gasteiger partial charge in [0, 0.05) is 12.8 Å². The zero-order chi connectivity index (χ0) is 55.7. The van der Waals surface area contributed by atoms with Gasteiger partial charge in [-0.05, 0) is 51.4 Å². The molecule has 458 valence electrons. The van der Waals surface area contributed by atoms with Crippen LogP contribution in [0, 0.1) is 0 Å². The number of hydrogen-bond acceptors (Lipinski definition) is 5. The number of allylic oxidation sites excluding steroid dienone is 2. The second kappa shape index (κ2) is 67.1. The maximum atomic E-state index is 12.5. The molecule has 2 atom stereocenters. The van der Waals surface area contributed by atoms with Gasteiger partial charge in [0.1, 0.15) is 0 Å². The molecular weight excluding hydrogens is 947 g/mol. The average Bonchev–Trinajstić information content (AvgIpc) is 3.43. The zero-order valence-corrected chi connectivity index (χ0v) is 52.5. The molecule has 0 aromatic carbocycles. The maximum absolute atomic E-state index is 12.5. The van der Waals surface area contributed by atoms with Gasteiger partial charge in [0.2, 0.25) is 5.91 Å². The van der Waals surface area contributed by atoms with E-state index in [-0.39, 0.29) is 18.5 Å². The van der Waals surface area contributed by atoms with Crippen molar-refractivity contribution in [1.29, 1.82) is 0 Å². The number of nitrogens with one attached hydrogen (secondary N) is 1. The summed E-state index contributed by atoms with van der Waals surface area (Å²) in [5.41, 5.74) is 0. The first-order valence-corrected chi connectivity index (χ1v) is 35.4. The van der Waals surface area contributed by atoms with Crippen molar-refractivity contribution in [3.63, 3.8) is 0 Å². The van der Waals surface area contributed by atoms with Crippen molar-refractivity contribution in [2.75, 3.05) is 13.2 Å². The molecule has 0 heterocycles. The van der Waals surface area contributed by atoms with Gasteiger partial charge in [-0.25, -0.2) is 0 Å². The average molecular weight is 1090 g/mol. The second-order valence-corrected chi connectivity index (χ2v) is 24.6. The van der Waals surface area contributed by atoms with Gasteiger partial charge >= 0.3 is 5.97 Å². The molecule has 1 amide bonds. The van der Waals surface area contributed by atoms with Crippen molar-refractivity contribution in [3.8, 4) is 0 Å². The van der Waals surface area contributed by atoms with Crippen molar-refractivity contribution in [2.45, 2.75) is 418 Å². The lowest BCUT2D eigenvalue weighted by molar-refractivity contribution is -0.143. The third-order valence-corrected chi connectivity index (χ3v) is 16.8. The Hall–Kier alpha value is -1.40. The molecule has 0 saturated heterocycles. The van der Waals surface area contributed by atoms with Gasteiger partial charge in [0.25, 0.3) is 0 Å². The van der Waals surface area contributed by atoms with Crippen LogP contribution in [-0.4, -0.2) is 47.4 Å². The van der Waals surface area contributed by atoms with Crippen LogP contribution < -0.4 is 5.32 Å². The summed E-state index contributed by atoms with van der Waals surface area (Å²) in [6, 6.07) is -0.549. The van der Waals surface area contributed by atoms with Gasteiger partial charge in [0.15, 0.2) is 0 Å². The topological polar surface area (TPSA) is 95.9 Å². The fourth-order valence-electron chi connectivity index (χ4n) is 11.4. The van der Waals surface area contributed by atoms with Crippen LogP contribution in [0.25, 0.3) is 0 Å². The highest BCUT2D eigenvalue weighted by Gasteiger charge is 2.20. The first kappa shape index (κ1) is 75.6. The molecule has 77 heavy (non-hydrogen) atoms. The third-order valence-electron chi connectivity index (χ3n) is 16.8. The summed E-state index contributed by atoms with van der Waals surface area (Å²) in [4.78, 5) is 24.7. The van der Waals surface area contributed by atoms with E-state index >= 15 is 0 Å². The van der Waals surface area contributed by atoms with Gasteiger partial charge in [-0.3, -0.25) is 9.59 Å². The van der Waals surface area contributed by atoms with Crippen LogP contribution in [0.15, 0.2) is 12.2 Å². The minimum Gasteiger partial charge on any atom is -0.466 e. The Morgan fingerprint density at radius 1 is 0.351 bits per heavy atom. The molecule has 6 heteroatoms. The van der Waals surface area contributed by atoms with Crippen LogP contribution >= 0.6 is 0 Å². The summed E-state index contributed by atoms with van der Waals surface area (Å²) in [6.45, 7) is 4.99. The van der Waals surface area contributed by atoms with Gasteiger partial charge in [-0.2, -0.15) is 0 Å². The molecule has 0 fully saturated rings. The summed E-state index contributed by atoms with van der Waals surface area (Å²) in [5, 5.41) is 23.4. The van der Waals surface area contributed by atoms with E-state index in [0.717, 1.165) is 38.5 Å². The number of carbonyl (C=O) groups excluding carboxylic acids is 2. The quantitative estimate of drug-likeness (QED) is 0.0320. The number of unbranched alkanes of at least 4 members (excludes halogenated alkanes) is 54.